The molecule has 0 atom stereocenters. The van der Waals surface area contributed by atoms with Crippen molar-refractivity contribution in [2.24, 2.45) is 0 Å². The number of aryl methyl sites for hydroxylation is 2. The molecule has 1 fully saturated rings. The molecule has 0 aliphatic carbocycles. The molecule has 1 amide bonds. The number of aromatic nitrogens is 1. The lowest BCUT2D eigenvalue weighted by molar-refractivity contribution is -0.139. The van der Waals surface area contributed by atoms with Crippen LogP contribution in [0.25, 0.3) is 0 Å². The SMILES string of the molecule is Cc1ccc(C)c(S(=O)(=O)N2CCN(C(=O)Cn3cccc(C(F)(F)F)c3=O)CC2)c1. The predicted octanol–water partition coefficient (Wildman–Crippen LogP) is 2.02. The van der Waals surface area contributed by atoms with Gasteiger partial charge in [0.15, 0.2) is 0 Å². The van der Waals surface area contributed by atoms with Crippen molar-refractivity contribution in [2.75, 3.05) is 26.2 Å². The Labute approximate surface area is 177 Å². The lowest BCUT2D eigenvalue weighted by Gasteiger charge is -2.34. The number of nitrogens with zero attached hydrogens (tertiary/aromatic N) is 3. The van der Waals surface area contributed by atoms with E-state index in [4.69, 9.17) is 0 Å². The van der Waals surface area contributed by atoms with E-state index in [1.165, 1.54) is 9.21 Å². The van der Waals surface area contributed by atoms with Gasteiger partial charge in [-0.2, -0.15) is 17.5 Å². The minimum Gasteiger partial charge on any atom is -0.339 e. The molecule has 31 heavy (non-hydrogen) atoms. The first-order valence-corrected chi connectivity index (χ1v) is 11.0. The molecule has 11 heteroatoms. The van der Waals surface area contributed by atoms with Crippen LogP contribution in [0, 0.1) is 13.8 Å². The fourth-order valence-corrected chi connectivity index (χ4v) is 5.16. The van der Waals surface area contributed by atoms with Gasteiger partial charge in [0, 0.05) is 32.4 Å². The van der Waals surface area contributed by atoms with E-state index in [1.54, 1.807) is 26.0 Å². The second-order valence-electron chi connectivity index (χ2n) is 7.41. The Morgan fingerprint density at radius 2 is 1.71 bits per heavy atom. The smallest absolute Gasteiger partial charge is 0.339 e. The van der Waals surface area contributed by atoms with Crippen LogP contribution in [0.3, 0.4) is 0 Å². The molecule has 0 N–H and O–H groups in total. The number of alkyl halides is 3. The van der Waals surface area contributed by atoms with E-state index in [0.29, 0.717) is 16.2 Å². The normalized spacial score (nSPS) is 15.8. The van der Waals surface area contributed by atoms with Gasteiger partial charge in [0.05, 0.1) is 4.90 Å². The van der Waals surface area contributed by atoms with Gasteiger partial charge in [0.1, 0.15) is 12.1 Å². The summed E-state index contributed by atoms with van der Waals surface area (Å²) in [6, 6.07) is 6.88. The summed E-state index contributed by atoms with van der Waals surface area (Å²) in [4.78, 5) is 26.1. The summed E-state index contributed by atoms with van der Waals surface area (Å²) in [7, 11) is -3.74. The molecular weight excluding hydrogens is 435 g/mol. The van der Waals surface area contributed by atoms with Crippen molar-refractivity contribution in [3.63, 3.8) is 0 Å². The van der Waals surface area contributed by atoms with Gasteiger partial charge >= 0.3 is 6.18 Å². The highest BCUT2D eigenvalue weighted by Gasteiger charge is 2.35. The highest BCUT2D eigenvalue weighted by Crippen LogP contribution is 2.26. The van der Waals surface area contributed by atoms with Gasteiger partial charge in [-0.1, -0.05) is 12.1 Å². The number of piperazine rings is 1. The Balaban J connectivity index is 1.70. The number of carbonyl (C=O) groups is 1. The predicted molar refractivity (Wildman–Crippen MR) is 107 cm³/mol. The first-order chi connectivity index (χ1) is 14.4. The Morgan fingerprint density at radius 1 is 1.06 bits per heavy atom. The largest absolute Gasteiger partial charge is 0.421 e. The molecule has 1 aliphatic heterocycles. The highest BCUT2D eigenvalue weighted by atomic mass is 32.2. The minimum atomic E-state index is -4.81. The molecule has 0 bridgehead atoms. The number of sulfonamides is 1. The van der Waals surface area contributed by atoms with Gasteiger partial charge in [-0.15, -0.1) is 0 Å². The maximum atomic E-state index is 13.0. The maximum absolute atomic E-state index is 13.0. The molecule has 0 radical (unpaired) electrons. The second kappa shape index (κ2) is 8.46. The zero-order valence-electron chi connectivity index (χ0n) is 17.0. The topological polar surface area (TPSA) is 79.7 Å². The summed E-state index contributed by atoms with van der Waals surface area (Å²) in [5, 5.41) is 0. The molecule has 1 aromatic heterocycles. The third kappa shape index (κ3) is 4.82. The number of benzene rings is 1. The maximum Gasteiger partial charge on any atom is 0.421 e. The highest BCUT2D eigenvalue weighted by molar-refractivity contribution is 7.89. The monoisotopic (exact) mass is 457 g/mol. The molecule has 3 rings (SSSR count). The molecule has 2 heterocycles. The Kier molecular flexibility index (Phi) is 6.28. The average molecular weight is 457 g/mol. The number of hydrogen-bond acceptors (Lipinski definition) is 4. The van der Waals surface area contributed by atoms with E-state index < -0.39 is 39.8 Å². The molecule has 1 saturated heterocycles. The van der Waals surface area contributed by atoms with Crippen LogP contribution in [0.1, 0.15) is 16.7 Å². The first kappa shape index (κ1) is 23.0. The molecule has 0 unspecified atom stereocenters. The van der Waals surface area contributed by atoms with Crippen molar-refractivity contribution in [2.45, 2.75) is 31.5 Å². The number of amides is 1. The molecule has 7 nitrogen and oxygen atoms in total. The standard InChI is InChI=1S/C20H22F3N3O4S/c1-14-5-6-15(2)17(12-14)31(29,30)26-10-8-24(9-11-26)18(27)13-25-7-3-4-16(19(25)28)20(21,22)23/h3-7,12H,8-11,13H2,1-2H3. The van der Waals surface area contributed by atoms with Crippen LogP contribution in [0.5, 0.6) is 0 Å². The van der Waals surface area contributed by atoms with Crippen molar-refractivity contribution in [3.8, 4) is 0 Å². The van der Waals surface area contributed by atoms with Gasteiger partial charge in [-0.25, -0.2) is 8.42 Å². The van der Waals surface area contributed by atoms with Gasteiger partial charge < -0.3 is 9.47 Å². The van der Waals surface area contributed by atoms with E-state index >= 15 is 0 Å². The minimum absolute atomic E-state index is 0.0545. The second-order valence-corrected chi connectivity index (χ2v) is 9.31. The zero-order chi connectivity index (χ0) is 23.0. The molecule has 168 valence electrons. The molecule has 1 aliphatic rings. The third-order valence-electron chi connectivity index (χ3n) is 5.18. The third-order valence-corrected chi connectivity index (χ3v) is 7.22. The van der Waals surface area contributed by atoms with E-state index in [0.717, 1.165) is 17.8 Å². The Morgan fingerprint density at radius 3 is 2.32 bits per heavy atom. The van der Waals surface area contributed by atoms with Gasteiger partial charge in [0.2, 0.25) is 15.9 Å². The van der Waals surface area contributed by atoms with Crippen molar-refractivity contribution < 1.29 is 26.4 Å². The molecular formula is C20H22F3N3O4S. The summed E-state index contributed by atoms with van der Waals surface area (Å²) in [6.07, 6.45) is -3.69. The number of carbonyl (C=O) groups excluding carboxylic acids is 1. The Bertz CT molecular complexity index is 1150. The molecule has 1 aromatic carbocycles. The van der Waals surface area contributed by atoms with Crippen LogP contribution in [-0.2, 0) is 27.5 Å². The fraction of sp³-hybridized carbons (Fsp3) is 0.400. The van der Waals surface area contributed by atoms with E-state index in [1.807, 2.05) is 6.07 Å². The van der Waals surface area contributed by atoms with Crippen LogP contribution in [0.2, 0.25) is 0 Å². The summed E-state index contributed by atoms with van der Waals surface area (Å²) in [6.45, 7) is 3.22. The fourth-order valence-electron chi connectivity index (χ4n) is 3.42. The van der Waals surface area contributed by atoms with Crippen LogP contribution in [0.15, 0.2) is 46.2 Å². The average Bonchev–Trinajstić information content (AvgIpc) is 2.70. The van der Waals surface area contributed by atoms with Crippen LogP contribution >= 0.6 is 0 Å². The Hall–Kier alpha value is -2.66. The van der Waals surface area contributed by atoms with E-state index in [-0.39, 0.29) is 31.1 Å². The van der Waals surface area contributed by atoms with Crippen molar-refractivity contribution in [1.82, 2.24) is 13.8 Å². The summed E-state index contributed by atoms with van der Waals surface area (Å²) in [5.41, 5.74) is -1.20. The summed E-state index contributed by atoms with van der Waals surface area (Å²) in [5.74, 6) is -0.551. The summed E-state index contributed by atoms with van der Waals surface area (Å²) >= 11 is 0. The van der Waals surface area contributed by atoms with Gasteiger partial charge in [-0.3, -0.25) is 9.59 Å². The summed E-state index contributed by atoms with van der Waals surface area (Å²) < 4.78 is 66.6. The van der Waals surface area contributed by atoms with Crippen molar-refractivity contribution >= 4 is 15.9 Å². The number of rotatable bonds is 4. The molecule has 2 aromatic rings. The van der Waals surface area contributed by atoms with Crippen molar-refractivity contribution in [3.05, 3.63) is 63.6 Å². The van der Waals surface area contributed by atoms with Crippen LogP contribution in [0.4, 0.5) is 13.2 Å². The lowest BCUT2D eigenvalue weighted by atomic mass is 10.2. The van der Waals surface area contributed by atoms with E-state index in [2.05, 4.69) is 0 Å². The first-order valence-electron chi connectivity index (χ1n) is 9.53. The lowest BCUT2D eigenvalue weighted by Crippen LogP contribution is -2.51. The van der Waals surface area contributed by atoms with E-state index in [9.17, 15) is 31.2 Å². The van der Waals surface area contributed by atoms with Crippen LogP contribution < -0.4 is 5.56 Å². The number of pyridine rings is 1. The quantitative estimate of drug-likeness (QED) is 0.704. The number of halogens is 3. The number of hydrogen-bond donors (Lipinski definition) is 0. The molecule has 0 saturated carbocycles. The molecule has 0 spiro atoms. The van der Waals surface area contributed by atoms with Crippen molar-refractivity contribution in [1.29, 1.82) is 0 Å². The van der Waals surface area contributed by atoms with Gasteiger partial charge in [-0.05, 0) is 43.2 Å². The van der Waals surface area contributed by atoms with Gasteiger partial charge in [0.25, 0.3) is 5.56 Å². The zero-order valence-corrected chi connectivity index (χ0v) is 17.8. The van der Waals surface area contributed by atoms with Crippen LogP contribution in [-0.4, -0.2) is 54.3 Å².